The Morgan fingerprint density at radius 2 is 2.17 bits per heavy atom. The van der Waals surface area contributed by atoms with E-state index in [-0.39, 0.29) is 5.97 Å². The Bertz CT molecular complexity index is 375. The van der Waals surface area contributed by atoms with Crippen LogP contribution in [0.1, 0.15) is 32.6 Å². The zero-order valence-electron chi connectivity index (χ0n) is 11.0. The summed E-state index contributed by atoms with van der Waals surface area (Å²) in [5, 5.41) is 0. The molecule has 1 fully saturated rings. The first-order valence-electron chi connectivity index (χ1n) is 6.45. The van der Waals surface area contributed by atoms with Crippen LogP contribution in [0.5, 0.6) is 0 Å². The third kappa shape index (κ3) is 2.86. The molecule has 1 aliphatic carbocycles. The molecule has 0 bridgehead atoms. The number of methoxy groups -OCH3 is 1. The van der Waals surface area contributed by atoms with Gasteiger partial charge in [-0.1, -0.05) is 12.8 Å². The summed E-state index contributed by atoms with van der Waals surface area (Å²) in [5.41, 5.74) is 1.27. The third-order valence-corrected chi connectivity index (χ3v) is 3.51. The zero-order valence-corrected chi connectivity index (χ0v) is 11.0. The van der Waals surface area contributed by atoms with Crippen LogP contribution in [-0.4, -0.2) is 26.3 Å². The second kappa shape index (κ2) is 5.94. The van der Waals surface area contributed by atoms with E-state index in [0.29, 0.717) is 30.5 Å². The van der Waals surface area contributed by atoms with Crippen LogP contribution in [0.15, 0.2) is 23.2 Å². The maximum absolute atomic E-state index is 11.7. The molecule has 0 amide bonds. The van der Waals surface area contributed by atoms with Crippen molar-refractivity contribution in [2.75, 3.05) is 20.3 Å². The number of hydrogen-bond donors (Lipinski definition) is 0. The molecule has 0 aromatic heterocycles. The van der Waals surface area contributed by atoms with Gasteiger partial charge in [-0.3, -0.25) is 0 Å². The number of esters is 1. The van der Waals surface area contributed by atoms with Crippen molar-refractivity contribution in [2.45, 2.75) is 32.6 Å². The van der Waals surface area contributed by atoms with E-state index in [1.165, 1.54) is 32.8 Å². The van der Waals surface area contributed by atoms with Gasteiger partial charge in [0.15, 0.2) is 0 Å². The van der Waals surface area contributed by atoms with Crippen LogP contribution in [0.25, 0.3) is 0 Å². The average Bonchev–Trinajstić information content (AvgIpc) is 2.88. The monoisotopic (exact) mass is 252 g/mol. The summed E-state index contributed by atoms with van der Waals surface area (Å²) in [4.78, 5) is 11.7. The molecule has 0 unspecified atom stereocenters. The molecule has 1 saturated carbocycles. The molecule has 0 aromatic carbocycles. The Morgan fingerprint density at radius 3 is 2.83 bits per heavy atom. The molecule has 1 aliphatic heterocycles. The largest absolute Gasteiger partial charge is 0.493 e. The predicted molar refractivity (Wildman–Crippen MR) is 66.7 cm³/mol. The summed E-state index contributed by atoms with van der Waals surface area (Å²) >= 11 is 0. The van der Waals surface area contributed by atoms with Crippen molar-refractivity contribution in [3.8, 4) is 0 Å². The van der Waals surface area contributed by atoms with E-state index in [1.807, 2.05) is 6.92 Å². The molecular weight excluding hydrogens is 232 g/mol. The number of carbonyl (C=O) groups is 1. The lowest BCUT2D eigenvalue weighted by Gasteiger charge is -2.20. The summed E-state index contributed by atoms with van der Waals surface area (Å²) in [6.45, 7) is 2.81. The van der Waals surface area contributed by atoms with Gasteiger partial charge in [0.05, 0.1) is 20.0 Å². The van der Waals surface area contributed by atoms with Gasteiger partial charge in [-0.25, -0.2) is 4.79 Å². The SMILES string of the molecule is COC(=O)C1=C(OCC2CCCC2)COC=C1C. The lowest BCUT2D eigenvalue weighted by molar-refractivity contribution is -0.136. The fraction of sp³-hybridized carbons (Fsp3) is 0.643. The van der Waals surface area contributed by atoms with Gasteiger partial charge in [-0.15, -0.1) is 0 Å². The molecule has 0 spiro atoms. The first-order chi connectivity index (χ1) is 8.72. The van der Waals surface area contributed by atoms with Crippen LogP contribution in [0.3, 0.4) is 0 Å². The van der Waals surface area contributed by atoms with Crippen LogP contribution in [0.2, 0.25) is 0 Å². The molecule has 0 radical (unpaired) electrons. The summed E-state index contributed by atoms with van der Waals surface area (Å²) in [5.74, 6) is 0.866. The molecule has 0 atom stereocenters. The maximum atomic E-state index is 11.7. The topological polar surface area (TPSA) is 44.8 Å². The second-order valence-corrected chi connectivity index (χ2v) is 4.86. The Labute approximate surface area is 108 Å². The molecule has 18 heavy (non-hydrogen) atoms. The van der Waals surface area contributed by atoms with Gasteiger partial charge in [0.2, 0.25) is 0 Å². The van der Waals surface area contributed by atoms with E-state index in [1.54, 1.807) is 6.26 Å². The van der Waals surface area contributed by atoms with Gasteiger partial charge in [0, 0.05) is 5.57 Å². The predicted octanol–water partition coefficient (Wildman–Crippen LogP) is 2.55. The van der Waals surface area contributed by atoms with Crippen LogP contribution in [0.4, 0.5) is 0 Å². The number of hydrogen-bond acceptors (Lipinski definition) is 4. The quantitative estimate of drug-likeness (QED) is 0.721. The highest BCUT2D eigenvalue weighted by Crippen LogP contribution is 2.28. The van der Waals surface area contributed by atoms with Gasteiger partial charge in [0.25, 0.3) is 0 Å². The Morgan fingerprint density at radius 1 is 1.44 bits per heavy atom. The fourth-order valence-corrected chi connectivity index (χ4v) is 2.48. The lowest BCUT2D eigenvalue weighted by atomic mass is 10.1. The second-order valence-electron chi connectivity index (χ2n) is 4.86. The third-order valence-electron chi connectivity index (χ3n) is 3.51. The molecule has 2 rings (SSSR count). The highest BCUT2D eigenvalue weighted by atomic mass is 16.5. The fourth-order valence-electron chi connectivity index (χ4n) is 2.48. The van der Waals surface area contributed by atoms with Gasteiger partial charge in [-0.05, 0) is 25.7 Å². The maximum Gasteiger partial charge on any atom is 0.341 e. The van der Waals surface area contributed by atoms with Crippen molar-refractivity contribution in [2.24, 2.45) is 5.92 Å². The molecule has 2 aliphatic rings. The molecular formula is C14H20O4. The van der Waals surface area contributed by atoms with E-state index in [0.717, 1.165) is 5.57 Å². The van der Waals surface area contributed by atoms with Gasteiger partial charge in [-0.2, -0.15) is 0 Å². The van der Waals surface area contributed by atoms with Crippen LogP contribution in [0, 0.1) is 5.92 Å². The Kier molecular flexibility index (Phi) is 4.28. The van der Waals surface area contributed by atoms with Crippen molar-refractivity contribution in [3.05, 3.63) is 23.2 Å². The van der Waals surface area contributed by atoms with Crippen molar-refractivity contribution in [1.82, 2.24) is 0 Å². The minimum atomic E-state index is -0.353. The van der Waals surface area contributed by atoms with E-state index in [2.05, 4.69) is 0 Å². The van der Waals surface area contributed by atoms with Crippen LogP contribution < -0.4 is 0 Å². The van der Waals surface area contributed by atoms with Crippen molar-refractivity contribution >= 4 is 5.97 Å². The number of ether oxygens (including phenoxy) is 3. The van der Waals surface area contributed by atoms with Gasteiger partial charge < -0.3 is 14.2 Å². The first kappa shape index (κ1) is 13.0. The highest BCUT2D eigenvalue weighted by molar-refractivity contribution is 5.93. The highest BCUT2D eigenvalue weighted by Gasteiger charge is 2.24. The molecule has 4 nitrogen and oxygen atoms in total. The summed E-state index contributed by atoms with van der Waals surface area (Å²) in [6, 6.07) is 0. The average molecular weight is 252 g/mol. The molecule has 100 valence electrons. The molecule has 0 aromatic rings. The molecule has 1 heterocycles. The van der Waals surface area contributed by atoms with Gasteiger partial charge in [0.1, 0.15) is 17.9 Å². The van der Waals surface area contributed by atoms with Crippen LogP contribution in [-0.2, 0) is 19.0 Å². The lowest BCUT2D eigenvalue weighted by Crippen LogP contribution is -2.18. The standard InChI is InChI=1S/C14H20O4/c1-10-7-17-9-12(13(10)14(15)16-2)18-8-11-5-3-4-6-11/h7,11H,3-6,8-9H2,1-2H3. The van der Waals surface area contributed by atoms with Crippen molar-refractivity contribution in [1.29, 1.82) is 0 Å². The molecule has 0 saturated heterocycles. The minimum Gasteiger partial charge on any atom is -0.493 e. The van der Waals surface area contributed by atoms with E-state index >= 15 is 0 Å². The van der Waals surface area contributed by atoms with E-state index in [4.69, 9.17) is 14.2 Å². The summed E-state index contributed by atoms with van der Waals surface area (Å²) in [7, 11) is 1.38. The summed E-state index contributed by atoms with van der Waals surface area (Å²) < 4.78 is 15.9. The summed E-state index contributed by atoms with van der Waals surface area (Å²) in [6.07, 6.45) is 6.58. The smallest absolute Gasteiger partial charge is 0.341 e. The molecule has 4 heteroatoms. The van der Waals surface area contributed by atoms with Crippen molar-refractivity contribution < 1.29 is 19.0 Å². The van der Waals surface area contributed by atoms with Crippen molar-refractivity contribution in [3.63, 3.8) is 0 Å². The number of carbonyl (C=O) groups excluding carboxylic acids is 1. The Hall–Kier alpha value is -1.45. The van der Waals surface area contributed by atoms with E-state index < -0.39 is 0 Å². The number of rotatable bonds is 4. The minimum absolute atomic E-state index is 0.314. The Balaban J connectivity index is 2.05. The van der Waals surface area contributed by atoms with Crippen LogP contribution >= 0.6 is 0 Å². The van der Waals surface area contributed by atoms with Gasteiger partial charge >= 0.3 is 5.97 Å². The first-order valence-corrected chi connectivity index (χ1v) is 6.45. The normalized spacial score (nSPS) is 20.4. The van der Waals surface area contributed by atoms with E-state index in [9.17, 15) is 4.79 Å². The zero-order chi connectivity index (χ0) is 13.0. The molecule has 0 N–H and O–H groups in total.